The molecule has 0 bridgehead atoms. The standard InChI is InChI=1S/C17H27N2O/c1-18-14-8-6-5-7-13(14)16-15(18)10-9-12(17(16)20)11-19(2,3)4/h5-6,8,12-13,15-16H,7,9-11H2,1-4H3/q+1. The fourth-order valence-corrected chi connectivity index (χ4v) is 4.44. The third kappa shape index (κ3) is 2.22. The van der Waals surface area contributed by atoms with Crippen molar-refractivity contribution in [3.8, 4) is 0 Å². The number of nitrogens with zero attached hydrogens (tertiary/aromatic N) is 2. The van der Waals surface area contributed by atoms with Gasteiger partial charge in [0.25, 0.3) is 0 Å². The monoisotopic (exact) mass is 275 g/mol. The maximum atomic E-state index is 13.0. The summed E-state index contributed by atoms with van der Waals surface area (Å²) in [6.07, 6.45) is 9.86. The number of Topliss-reactive ketones (excluding diaryl/α,β-unsaturated/α-hetero) is 1. The zero-order valence-corrected chi connectivity index (χ0v) is 13.2. The Hall–Kier alpha value is -1.09. The number of hydrogen-bond acceptors (Lipinski definition) is 2. The SMILES string of the molecule is CN1C2=CC=CCC2C2C(=O)C(C[N+](C)(C)C)CCC21. The smallest absolute Gasteiger partial charge is 0.147 e. The number of carbonyl (C=O) groups excluding carboxylic acids is 1. The minimum atomic E-state index is 0.237. The molecule has 0 radical (unpaired) electrons. The topological polar surface area (TPSA) is 20.3 Å². The third-order valence-corrected chi connectivity index (χ3v) is 5.24. The number of rotatable bonds is 2. The molecule has 3 nitrogen and oxygen atoms in total. The Balaban J connectivity index is 1.84. The van der Waals surface area contributed by atoms with Crippen molar-refractivity contribution >= 4 is 5.78 Å². The van der Waals surface area contributed by atoms with Gasteiger partial charge < -0.3 is 9.38 Å². The van der Waals surface area contributed by atoms with E-state index in [1.807, 2.05) is 0 Å². The van der Waals surface area contributed by atoms with Crippen LogP contribution in [0.4, 0.5) is 0 Å². The highest BCUT2D eigenvalue weighted by Gasteiger charge is 2.51. The first-order valence-electron chi connectivity index (χ1n) is 7.82. The molecule has 1 aliphatic heterocycles. The average molecular weight is 275 g/mol. The molecule has 110 valence electrons. The first-order valence-corrected chi connectivity index (χ1v) is 7.82. The van der Waals surface area contributed by atoms with Crippen LogP contribution in [-0.4, -0.2) is 55.9 Å². The highest BCUT2D eigenvalue weighted by molar-refractivity contribution is 5.86. The lowest BCUT2D eigenvalue weighted by atomic mass is 9.71. The number of allylic oxidation sites excluding steroid dienone is 4. The second-order valence-electron chi connectivity index (χ2n) is 7.72. The largest absolute Gasteiger partial charge is 0.374 e. The van der Waals surface area contributed by atoms with Crippen LogP contribution in [0.3, 0.4) is 0 Å². The van der Waals surface area contributed by atoms with Crippen molar-refractivity contribution in [2.24, 2.45) is 17.8 Å². The van der Waals surface area contributed by atoms with Gasteiger partial charge in [0.05, 0.1) is 33.6 Å². The van der Waals surface area contributed by atoms with Gasteiger partial charge >= 0.3 is 0 Å². The van der Waals surface area contributed by atoms with Gasteiger partial charge in [-0.1, -0.05) is 12.2 Å². The Labute approximate surface area is 122 Å². The Morgan fingerprint density at radius 1 is 1.30 bits per heavy atom. The molecule has 0 aromatic heterocycles. The van der Waals surface area contributed by atoms with Crippen LogP contribution in [-0.2, 0) is 4.79 Å². The van der Waals surface area contributed by atoms with E-state index in [-0.39, 0.29) is 11.8 Å². The first kappa shape index (κ1) is 13.9. The molecule has 3 aliphatic rings. The molecule has 2 aliphatic carbocycles. The molecule has 1 heterocycles. The predicted octanol–water partition coefficient (Wildman–Crippen LogP) is 2.06. The van der Waals surface area contributed by atoms with Crippen LogP contribution in [0.15, 0.2) is 23.9 Å². The first-order chi connectivity index (χ1) is 9.38. The number of hydrogen-bond donors (Lipinski definition) is 0. The minimum absolute atomic E-state index is 0.237. The Morgan fingerprint density at radius 2 is 2.05 bits per heavy atom. The summed E-state index contributed by atoms with van der Waals surface area (Å²) in [5.74, 6) is 1.47. The maximum absolute atomic E-state index is 13.0. The molecule has 4 atom stereocenters. The van der Waals surface area contributed by atoms with E-state index in [0.717, 1.165) is 23.9 Å². The Kier molecular flexibility index (Phi) is 3.28. The lowest BCUT2D eigenvalue weighted by Crippen LogP contribution is -2.48. The van der Waals surface area contributed by atoms with Crippen LogP contribution in [0.2, 0.25) is 0 Å². The average Bonchev–Trinajstić information content (AvgIpc) is 2.66. The lowest BCUT2D eigenvalue weighted by molar-refractivity contribution is -0.872. The fourth-order valence-electron chi connectivity index (χ4n) is 4.44. The normalized spacial score (nSPS) is 36.7. The number of ketones is 1. The number of likely N-dealkylation sites (tertiary alicyclic amines) is 1. The summed E-state index contributed by atoms with van der Waals surface area (Å²) in [7, 11) is 8.74. The molecule has 3 heteroatoms. The van der Waals surface area contributed by atoms with E-state index in [4.69, 9.17) is 0 Å². The second-order valence-corrected chi connectivity index (χ2v) is 7.72. The van der Waals surface area contributed by atoms with E-state index in [1.165, 1.54) is 12.1 Å². The van der Waals surface area contributed by atoms with Crippen molar-refractivity contribution < 1.29 is 9.28 Å². The molecular formula is C17H27N2O+. The molecule has 1 saturated carbocycles. The molecule has 4 unspecified atom stereocenters. The third-order valence-electron chi connectivity index (χ3n) is 5.24. The molecule has 20 heavy (non-hydrogen) atoms. The molecular weight excluding hydrogens is 248 g/mol. The molecule has 0 aromatic rings. The van der Waals surface area contributed by atoms with Crippen molar-refractivity contribution in [1.82, 2.24) is 4.90 Å². The summed E-state index contributed by atoms with van der Waals surface area (Å²) in [6.45, 7) is 0.980. The summed E-state index contributed by atoms with van der Waals surface area (Å²) in [4.78, 5) is 15.4. The van der Waals surface area contributed by atoms with Gasteiger partial charge in [0.1, 0.15) is 5.78 Å². The van der Waals surface area contributed by atoms with Crippen molar-refractivity contribution in [3.05, 3.63) is 23.9 Å². The fraction of sp³-hybridized carbons (Fsp3) is 0.706. The van der Waals surface area contributed by atoms with Crippen molar-refractivity contribution in [3.63, 3.8) is 0 Å². The summed E-state index contributed by atoms with van der Waals surface area (Å²) < 4.78 is 0.886. The van der Waals surface area contributed by atoms with Gasteiger partial charge in [-0.3, -0.25) is 4.79 Å². The minimum Gasteiger partial charge on any atom is -0.374 e. The second kappa shape index (κ2) is 4.73. The number of fused-ring (bicyclic) bond motifs is 3. The van der Waals surface area contributed by atoms with Crippen LogP contribution in [0.1, 0.15) is 19.3 Å². The van der Waals surface area contributed by atoms with E-state index in [2.05, 4.69) is 51.3 Å². The van der Waals surface area contributed by atoms with Gasteiger partial charge in [-0.15, -0.1) is 0 Å². The van der Waals surface area contributed by atoms with Crippen LogP contribution in [0.5, 0.6) is 0 Å². The zero-order valence-electron chi connectivity index (χ0n) is 13.2. The van der Waals surface area contributed by atoms with Gasteiger partial charge in [0.2, 0.25) is 0 Å². The van der Waals surface area contributed by atoms with E-state index in [9.17, 15) is 4.79 Å². The van der Waals surface area contributed by atoms with E-state index in [1.54, 1.807) is 0 Å². The van der Waals surface area contributed by atoms with Crippen LogP contribution in [0, 0.1) is 17.8 Å². The van der Waals surface area contributed by atoms with Crippen molar-refractivity contribution in [2.75, 3.05) is 34.7 Å². The summed E-state index contributed by atoms with van der Waals surface area (Å²) >= 11 is 0. The molecule has 1 saturated heterocycles. The highest BCUT2D eigenvalue weighted by Crippen LogP contribution is 2.47. The lowest BCUT2D eigenvalue weighted by Gasteiger charge is -2.37. The molecule has 0 spiro atoms. The van der Waals surface area contributed by atoms with Crippen molar-refractivity contribution in [2.45, 2.75) is 25.3 Å². The van der Waals surface area contributed by atoms with E-state index < -0.39 is 0 Å². The zero-order chi connectivity index (χ0) is 14.5. The van der Waals surface area contributed by atoms with Crippen LogP contribution in [0.25, 0.3) is 0 Å². The summed E-state index contributed by atoms with van der Waals surface area (Å²) in [5.41, 5.74) is 1.39. The quantitative estimate of drug-likeness (QED) is 0.719. The van der Waals surface area contributed by atoms with E-state index >= 15 is 0 Å². The van der Waals surface area contributed by atoms with Gasteiger partial charge in [-0.2, -0.15) is 0 Å². The molecule has 0 amide bonds. The molecule has 0 N–H and O–H groups in total. The number of carbonyl (C=O) groups is 1. The molecule has 2 fully saturated rings. The van der Waals surface area contributed by atoms with Gasteiger partial charge in [0.15, 0.2) is 0 Å². The Bertz CT molecular complexity index is 472. The van der Waals surface area contributed by atoms with Gasteiger partial charge in [-0.25, -0.2) is 0 Å². The van der Waals surface area contributed by atoms with Crippen LogP contribution < -0.4 is 0 Å². The van der Waals surface area contributed by atoms with Crippen LogP contribution >= 0.6 is 0 Å². The summed E-state index contributed by atoms with van der Waals surface area (Å²) in [6, 6.07) is 0.447. The maximum Gasteiger partial charge on any atom is 0.147 e. The molecule has 0 aromatic carbocycles. The van der Waals surface area contributed by atoms with E-state index in [0.29, 0.717) is 17.7 Å². The number of quaternary nitrogens is 1. The highest BCUT2D eigenvalue weighted by atomic mass is 16.1. The van der Waals surface area contributed by atoms with Gasteiger partial charge in [0, 0.05) is 30.6 Å². The predicted molar refractivity (Wildman–Crippen MR) is 81.0 cm³/mol. The Morgan fingerprint density at radius 3 is 2.75 bits per heavy atom. The summed E-state index contributed by atoms with van der Waals surface area (Å²) in [5, 5.41) is 0. The van der Waals surface area contributed by atoms with Gasteiger partial charge in [-0.05, 0) is 25.3 Å². The molecule has 3 rings (SSSR count). The van der Waals surface area contributed by atoms with Crippen molar-refractivity contribution in [1.29, 1.82) is 0 Å².